The molecule has 1 aromatic carbocycles. The average Bonchev–Trinajstić information content (AvgIpc) is 3.27. The molecule has 1 saturated heterocycles. The molecule has 35 heavy (non-hydrogen) atoms. The molecule has 0 spiro atoms. The van der Waals surface area contributed by atoms with Crippen molar-refractivity contribution in [3.63, 3.8) is 0 Å². The number of aromatic nitrogens is 3. The molecular formula is C27H28N4O4. The first kappa shape index (κ1) is 22.9. The highest BCUT2D eigenvalue weighted by molar-refractivity contribution is 5.95. The lowest BCUT2D eigenvalue weighted by Crippen LogP contribution is -2.36. The maximum atomic E-state index is 13.4. The van der Waals surface area contributed by atoms with Crippen molar-refractivity contribution in [1.82, 2.24) is 19.3 Å². The van der Waals surface area contributed by atoms with Crippen molar-refractivity contribution >= 4 is 11.4 Å². The van der Waals surface area contributed by atoms with E-state index in [1.54, 1.807) is 31.5 Å². The normalized spacial score (nSPS) is 16.1. The highest BCUT2D eigenvalue weighted by Crippen LogP contribution is 2.29. The van der Waals surface area contributed by atoms with E-state index in [1.165, 1.54) is 0 Å². The molecule has 5 rings (SSSR count). The first-order valence-electron chi connectivity index (χ1n) is 11.7. The number of benzene rings is 1. The summed E-state index contributed by atoms with van der Waals surface area (Å²) in [5.74, 6) is 1.18. The van der Waals surface area contributed by atoms with Gasteiger partial charge in [0, 0.05) is 49.4 Å². The van der Waals surface area contributed by atoms with Crippen LogP contribution >= 0.6 is 0 Å². The zero-order valence-electron chi connectivity index (χ0n) is 19.7. The summed E-state index contributed by atoms with van der Waals surface area (Å²) in [4.78, 5) is 24.1. The number of methoxy groups -OCH3 is 1. The molecule has 0 unspecified atom stereocenters. The predicted octanol–water partition coefficient (Wildman–Crippen LogP) is 3.65. The van der Waals surface area contributed by atoms with Crippen molar-refractivity contribution in [2.24, 2.45) is 5.92 Å². The number of amides is 1. The second-order valence-electron chi connectivity index (χ2n) is 8.55. The first-order chi connectivity index (χ1) is 17.2. The minimum absolute atomic E-state index is 0.0519. The largest absolute Gasteiger partial charge is 0.493 e. The maximum absolute atomic E-state index is 13.4. The molecule has 8 nitrogen and oxygen atoms in total. The van der Waals surface area contributed by atoms with E-state index in [0.29, 0.717) is 50.0 Å². The van der Waals surface area contributed by atoms with Gasteiger partial charge in [-0.2, -0.15) is 0 Å². The van der Waals surface area contributed by atoms with Crippen LogP contribution in [0.4, 0.5) is 0 Å². The highest BCUT2D eigenvalue weighted by Gasteiger charge is 2.25. The fraction of sp³-hybridized carbons (Fsp3) is 0.296. The lowest BCUT2D eigenvalue weighted by molar-refractivity contribution is 0.0737. The van der Waals surface area contributed by atoms with E-state index in [9.17, 15) is 4.79 Å². The monoisotopic (exact) mass is 472 g/mol. The van der Waals surface area contributed by atoms with E-state index in [1.807, 2.05) is 47.8 Å². The molecule has 0 aliphatic carbocycles. The quantitative estimate of drug-likeness (QED) is 0.409. The second-order valence-corrected chi connectivity index (χ2v) is 8.55. The van der Waals surface area contributed by atoms with Gasteiger partial charge in [0.1, 0.15) is 6.61 Å². The standard InChI is InChI=1S/C27H28N4O4/c1-33-26-16-21(7-8-25(26)35-19-22-5-2-3-9-28-22)27(32)31-13-14-34-18-20(17-31)15-23-24-6-4-11-30(24)12-10-29-23/h2-12,16,20H,13-15,17-19H2,1H3/t20-/m1/s1. The molecule has 3 aromatic heterocycles. The number of hydrogen-bond acceptors (Lipinski definition) is 6. The van der Waals surface area contributed by atoms with Crippen molar-refractivity contribution < 1.29 is 19.0 Å². The van der Waals surface area contributed by atoms with Gasteiger partial charge in [0.15, 0.2) is 11.5 Å². The van der Waals surface area contributed by atoms with Crippen LogP contribution in [0, 0.1) is 5.92 Å². The van der Waals surface area contributed by atoms with E-state index in [0.717, 1.165) is 23.3 Å². The number of rotatable bonds is 7. The third-order valence-electron chi connectivity index (χ3n) is 6.15. The van der Waals surface area contributed by atoms with Crippen molar-refractivity contribution in [2.45, 2.75) is 13.0 Å². The maximum Gasteiger partial charge on any atom is 0.254 e. The molecule has 1 amide bonds. The number of hydrogen-bond donors (Lipinski definition) is 0. The van der Waals surface area contributed by atoms with Crippen LogP contribution in [-0.4, -0.2) is 58.6 Å². The van der Waals surface area contributed by atoms with Gasteiger partial charge in [0.05, 0.1) is 37.2 Å². The zero-order valence-corrected chi connectivity index (χ0v) is 19.7. The van der Waals surface area contributed by atoms with Crippen molar-refractivity contribution in [2.75, 3.05) is 33.4 Å². The summed E-state index contributed by atoms with van der Waals surface area (Å²) < 4.78 is 19.3. The fourth-order valence-electron chi connectivity index (χ4n) is 4.39. The van der Waals surface area contributed by atoms with Crippen LogP contribution in [0.5, 0.6) is 11.5 Å². The van der Waals surface area contributed by atoms with Crippen LogP contribution in [0.3, 0.4) is 0 Å². The summed E-state index contributed by atoms with van der Waals surface area (Å²) in [6, 6.07) is 15.0. The summed E-state index contributed by atoms with van der Waals surface area (Å²) >= 11 is 0. The van der Waals surface area contributed by atoms with E-state index in [-0.39, 0.29) is 11.8 Å². The molecule has 4 heterocycles. The summed E-state index contributed by atoms with van der Waals surface area (Å²) in [5, 5.41) is 0. The summed E-state index contributed by atoms with van der Waals surface area (Å²) in [6.45, 7) is 2.56. The molecular weight excluding hydrogens is 444 g/mol. The lowest BCUT2D eigenvalue weighted by atomic mass is 10.0. The number of ether oxygens (including phenoxy) is 3. The topological polar surface area (TPSA) is 78.2 Å². The average molecular weight is 473 g/mol. The smallest absolute Gasteiger partial charge is 0.254 e. The van der Waals surface area contributed by atoms with Gasteiger partial charge in [-0.15, -0.1) is 0 Å². The SMILES string of the molecule is COc1cc(C(=O)N2CCOC[C@H](Cc3nccn4cccc34)C2)ccc1OCc1ccccn1. The molecule has 0 saturated carbocycles. The molecule has 8 heteroatoms. The van der Waals surface area contributed by atoms with Crippen LogP contribution in [0.25, 0.3) is 5.52 Å². The molecule has 1 atom stereocenters. The van der Waals surface area contributed by atoms with Crippen molar-refractivity contribution in [3.8, 4) is 11.5 Å². The Labute approximate surface area is 204 Å². The minimum atomic E-state index is -0.0519. The Bertz CT molecular complexity index is 1290. The second kappa shape index (κ2) is 10.6. The highest BCUT2D eigenvalue weighted by atomic mass is 16.5. The number of nitrogens with zero attached hydrogens (tertiary/aromatic N) is 4. The van der Waals surface area contributed by atoms with Gasteiger partial charge >= 0.3 is 0 Å². The van der Waals surface area contributed by atoms with Crippen LogP contribution in [0.1, 0.15) is 21.7 Å². The molecule has 0 bridgehead atoms. The van der Waals surface area contributed by atoms with Gasteiger partial charge in [-0.3, -0.25) is 14.8 Å². The lowest BCUT2D eigenvalue weighted by Gasteiger charge is -2.24. The summed E-state index contributed by atoms with van der Waals surface area (Å²) in [6.07, 6.45) is 8.23. The van der Waals surface area contributed by atoms with E-state index in [4.69, 9.17) is 14.2 Å². The summed E-state index contributed by atoms with van der Waals surface area (Å²) in [7, 11) is 1.57. The Morgan fingerprint density at radius 3 is 2.89 bits per heavy atom. The Kier molecular flexibility index (Phi) is 6.90. The molecule has 1 aliphatic heterocycles. The molecule has 0 N–H and O–H groups in total. The van der Waals surface area contributed by atoms with E-state index < -0.39 is 0 Å². The Hall–Kier alpha value is -3.91. The fourth-order valence-corrected chi connectivity index (χ4v) is 4.39. The third-order valence-corrected chi connectivity index (χ3v) is 6.15. The number of fused-ring (bicyclic) bond motifs is 1. The number of carbonyl (C=O) groups excluding carboxylic acids is 1. The molecule has 4 aromatic rings. The van der Waals surface area contributed by atoms with Crippen LogP contribution in [0.2, 0.25) is 0 Å². The van der Waals surface area contributed by atoms with Gasteiger partial charge in [-0.05, 0) is 48.9 Å². The van der Waals surface area contributed by atoms with Crippen molar-refractivity contribution in [3.05, 3.63) is 90.3 Å². The first-order valence-corrected chi connectivity index (χ1v) is 11.7. The van der Waals surface area contributed by atoms with Crippen LogP contribution < -0.4 is 9.47 Å². The Morgan fingerprint density at radius 2 is 2.03 bits per heavy atom. The van der Waals surface area contributed by atoms with Crippen molar-refractivity contribution in [1.29, 1.82) is 0 Å². The van der Waals surface area contributed by atoms with Gasteiger partial charge in [0.2, 0.25) is 0 Å². The van der Waals surface area contributed by atoms with Gasteiger partial charge < -0.3 is 23.5 Å². The van der Waals surface area contributed by atoms with Gasteiger partial charge in [-0.1, -0.05) is 6.07 Å². The van der Waals surface area contributed by atoms with E-state index in [2.05, 4.69) is 20.4 Å². The Balaban J connectivity index is 1.28. The predicted molar refractivity (Wildman–Crippen MR) is 131 cm³/mol. The van der Waals surface area contributed by atoms with Crippen LogP contribution in [0.15, 0.2) is 73.3 Å². The molecule has 1 fully saturated rings. The third kappa shape index (κ3) is 5.27. The van der Waals surface area contributed by atoms with Gasteiger partial charge in [-0.25, -0.2) is 0 Å². The molecule has 1 aliphatic rings. The Morgan fingerprint density at radius 1 is 1.09 bits per heavy atom. The number of pyridine rings is 1. The zero-order chi connectivity index (χ0) is 24.0. The van der Waals surface area contributed by atoms with E-state index >= 15 is 0 Å². The van der Waals surface area contributed by atoms with Gasteiger partial charge in [0.25, 0.3) is 5.91 Å². The molecule has 0 radical (unpaired) electrons. The van der Waals surface area contributed by atoms with Crippen LogP contribution in [-0.2, 0) is 17.8 Å². The molecule has 180 valence electrons. The number of carbonyl (C=O) groups is 1. The summed E-state index contributed by atoms with van der Waals surface area (Å²) in [5.41, 5.74) is 3.47. The minimum Gasteiger partial charge on any atom is -0.493 e.